The lowest BCUT2D eigenvalue weighted by Crippen LogP contribution is -2.08. The van der Waals surface area contributed by atoms with Crippen LogP contribution in [0.25, 0.3) is 0 Å². The van der Waals surface area contributed by atoms with Gasteiger partial charge in [-0.15, -0.1) is 0 Å². The molecule has 2 aromatic carbocycles. The Bertz CT molecular complexity index is 603. The largest absolute Gasteiger partial charge is 0.392 e. The molecule has 20 heavy (non-hydrogen) atoms. The molecule has 0 bridgehead atoms. The third-order valence-electron chi connectivity index (χ3n) is 3.00. The molecule has 4 heteroatoms. The van der Waals surface area contributed by atoms with Crippen LogP contribution in [0.3, 0.4) is 0 Å². The Morgan fingerprint density at radius 3 is 2.35 bits per heavy atom. The summed E-state index contributed by atoms with van der Waals surface area (Å²) in [6, 6.07) is 13.5. The quantitative estimate of drug-likeness (QED) is 0.811. The molecule has 0 aliphatic heterocycles. The maximum atomic E-state index is 6.19. The molecule has 2 rings (SSSR count). The molecular weight excluding hydrogens is 291 g/mol. The number of allylic oxidation sites excluding steroid dienone is 1. The van der Waals surface area contributed by atoms with Gasteiger partial charge in [0.1, 0.15) is 0 Å². The molecule has 2 N–H and O–H groups in total. The van der Waals surface area contributed by atoms with E-state index in [1.54, 1.807) is 0 Å². The van der Waals surface area contributed by atoms with Gasteiger partial charge < -0.3 is 10.6 Å². The van der Waals surface area contributed by atoms with E-state index in [0.717, 1.165) is 29.1 Å². The van der Waals surface area contributed by atoms with Gasteiger partial charge in [0.2, 0.25) is 0 Å². The predicted octanol–water partition coefficient (Wildman–Crippen LogP) is 5.01. The van der Waals surface area contributed by atoms with Gasteiger partial charge in [-0.05, 0) is 23.8 Å². The minimum Gasteiger partial charge on any atom is -0.392 e. The lowest BCUT2D eigenvalue weighted by atomic mass is 10.1. The molecule has 0 spiro atoms. The van der Waals surface area contributed by atoms with Crippen LogP contribution in [0.4, 0.5) is 11.4 Å². The van der Waals surface area contributed by atoms with E-state index in [-0.39, 0.29) is 0 Å². The lowest BCUT2D eigenvalue weighted by molar-refractivity contribution is 0.929. The first kappa shape index (κ1) is 14.8. The number of hydrogen-bond acceptors (Lipinski definition) is 2. The summed E-state index contributed by atoms with van der Waals surface area (Å²) in [7, 11) is 1.86. The van der Waals surface area contributed by atoms with Crippen LogP contribution in [0.15, 0.2) is 54.7 Å². The third-order valence-corrected chi connectivity index (χ3v) is 3.63. The molecule has 0 aromatic heterocycles. The van der Waals surface area contributed by atoms with Crippen LogP contribution < -0.4 is 10.6 Å². The molecular formula is C16H16Cl2N2. The highest BCUT2D eigenvalue weighted by Gasteiger charge is 2.08. The molecule has 0 fully saturated rings. The fourth-order valence-corrected chi connectivity index (χ4v) is 2.36. The summed E-state index contributed by atoms with van der Waals surface area (Å²) < 4.78 is 0. The van der Waals surface area contributed by atoms with Gasteiger partial charge in [-0.1, -0.05) is 54.0 Å². The summed E-state index contributed by atoms with van der Waals surface area (Å²) in [4.78, 5) is 0. The van der Waals surface area contributed by atoms with Gasteiger partial charge >= 0.3 is 0 Å². The number of benzene rings is 2. The summed E-state index contributed by atoms with van der Waals surface area (Å²) in [5, 5.41) is 7.55. The van der Waals surface area contributed by atoms with Crippen molar-refractivity contribution in [3.8, 4) is 0 Å². The first-order chi connectivity index (χ1) is 9.61. The molecule has 0 atom stereocenters. The van der Waals surface area contributed by atoms with Crippen LogP contribution >= 0.6 is 23.2 Å². The number of halogens is 2. The number of nitrogens with one attached hydrogen (secondary N) is 2. The fourth-order valence-electron chi connectivity index (χ4n) is 1.87. The van der Waals surface area contributed by atoms with Crippen molar-refractivity contribution in [1.82, 2.24) is 5.32 Å². The van der Waals surface area contributed by atoms with Gasteiger partial charge in [0, 0.05) is 24.9 Å². The second-order valence-corrected chi connectivity index (χ2v) is 5.22. The van der Waals surface area contributed by atoms with Crippen LogP contribution in [-0.2, 0) is 6.42 Å². The van der Waals surface area contributed by atoms with Gasteiger partial charge in [-0.3, -0.25) is 0 Å². The van der Waals surface area contributed by atoms with Crippen molar-refractivity contribution in [2.24, 2.45) is 0 Å². The van der Waals surface area contributed by atoms with E-state index in [9.17, 15) is 0 Å². The highest BCUT2D eigenvalue weighted by Crippen LogP contribution is 2.33. The standard InChI is InChI=1S/C16H16Cl2N2/c1-11(19-2)10-12-6-3-4-9-15(12)20-16-13(17)7-5-8-14(16)18/h3-9,19-20H,1,10H2,2H3. The number of rotatable bonds is 5. The zero-order valence-corrected chi connectivity index (χ0v) is 12.7. The topological polar surface area (TPSA) is 24.1 Å². The van der Waals surface area contributed by atoms with Crippen LogP contribution in [0.1, 0.15) is 5.56 Å². The number of para-hydroxylation sites is 2. The zero-order valence-electron chi connectivity index (χ0n) is 11.2. The van der Waals surface area contributed by atoms with Crippen molar-refractivity contribution in [2.75, 3.05) is 12.4 Å². The van der Waals surface area contributed by atoms with Gasteiger partial charge in [-0.2, -0.15) is 0 Å². The Balaban J connectivity index is 2.32. The minimum absolute atomic E-state index is 0.597. The second kappa shape index (κ2) is 6.69. The van der Waals surface area contributed by atoms with E-state index < -0.39 is 0 Å². The van der Waals surface area contributed by atoms with Crippen molar-refractivity contribution in [1.29, 1.82) is 0 Å². The molecule has 0 aliphatic carbocycles. The highest BCUT2D eigenvalue weighted by atomic mass is 35.5. The van der Waals surface area contributed by atoms with Crippen molar-refractivity contribution < 1.29 is 0 Å². The first-order valence-corrected chi connectivity index (χ1v) is 7.02. The smallest absolute Gasteiger partial charge is 0.0762 e. The van der Waals surface area contributed by atoms with Crippen molar-refractivity contribution in [2.45, 2.75) is 6.42 Å². The minimum atomic E-state index is 0.597. The number of hydrogen-bond donors (Lipinski definition) is 2. The Morgan fingerprint density at radius 1 is 1.05 bits per heavy atom. The first-order valence-electron chi connectivity index (χ1n) is 6.26. The SMILES string of the molecule is C=C(Cc1ccccc1Nc1c(Cl)cccc1Cl)NC. The van der Waals surface area contributed by atoms with E-state index in [2.05, 4.69) is 23.3 Å². The number of anilines is 2. The molecule has 0 unspecified atom stereocenters. The Hall–Kier alpha value is -1.64. The third kappa shape index (κ3) is 3.47. The van der Waals surface area contributed by atoms with E-state index in [1.807, 2.05) is 43.4 Å². The summed E-state index contributed by atoms with van der Waals surface area (Å²) in [6.07, 6.45) is 0.738. The van der Waals surface area contributed by atoms with Gasteiger partial charge in [-0.25, -0.2) is 0 Å². The van der Waals surface area contributed by atoms with Crippen molar-refractivity contribution in [3.63, 3.8) is 0 Å². The average molecular weight is 307 g/mol. The van der Waals surface area contributed by atoms with Crippen LogP contribution in [0.2, 0.25) is 10.0 Å². The summed E-state index contributed by atoms with van der Waals surface area (Å²) in [6.45, 7) is 3.96. The molecule has 2 nitrogen and oxygen atoms in total. The summed E-state index contributed by atoms with van der Waals surface area (Å²) >= 11 is 12.4. The molecule has 104 valence electrons. The number of likely N-dealkylation sites (N-methyl/N-ethyl adjacent to an activating group) is 1. The molecule has 0 saturated heterocycles. The van der Waals surface area contributed by atoms with E-state index >= 15 is 0 Å². The maximum absolute atomic E-state index is 6.19. The molecule has 0 aliphatic rings. The van der Waals surface area contributed by atoms with Gasteiger partial charge in [0.05, 0.1) is 15.7 Å². The molecule has 2 aromatic rings. The summed E-state index contributed by atoms with van der Waals surface area (Å²) in [5.74, 6) is 0. The average Bonchev–Trinajstić information content (AvgIpc) is 2.44. The zero-order chi connectivity index (χ0) is 14.5. The van der Waals surface area contributed by atoms with Crippen molar-refractivity contribution in [3.05, 3.63) is 70.3 Å². The molecule has 0 radical (unpaired) electrons. The van der Waals surface area contributed by atoms with E-state index in [1.165, 1.54) is 0 Å². The monoisotopic (exact) mass is 306 g/mol. The predicted molar refractivity (Wildman–Crippen MR) is 88.1 cm³/mol. The Labute approximate surface area is 129 Å². The Kier molecular flexibility index (Phi) is 4.94. The maximum Gasteiger partial charge on any atom is 0.0762 e. The molecule has 0 amide bonds. The Morgan fingerprint density at radius 2 is 1.70 bits per heavy atom. The molecule has 0 saturated carbocycles. The normalized spacial score (nSPS) is 10.2. The van der Waals surface area contributed by atoms with E-state index in [4.69, 9.17) is 23.2 Å². The molecule has 0 heterocycles. The fraction of sp³-hybridized carbons (Fsp3) is 0.125. The van der Waals surface area contributed by atoms with Crippen LogP contribution in [-0.4, -0.2) is 7.05 Å². The van der Waals surface area contributed by atoms with Crippen LogP contribution in [0.5, 0.6) is 0 Å². The van der Waals surface area contributed by atoms with Crippen LogP contribution in [0, 0.1) is 0 Å². The summed E-state index contributed by atoms with van der Waals surface area (Å²) in [5.41, 5.74) is 3.77. The van der Waals surface area contributed by atoms with Gasteiger partial charge in [0.25, 0.3) is 0 Å². The van der Waals surface area contributed by atoms with E-state index in [0.29, 0.717) is 10.0 Å². The highest BCUT2D eigenvalue weighted by molar-refractivity contribution is 6.39. The van der Waals surface area contributed by atoms with Gasteiger partial charge in [0.15, 0.2) is 0 Å². The lowest BCUT2D eigenvalue weighted by Gasteiger charge is -2.15. The second-order valence-electron chi connectivity index (χ2n) is 4.41. The van der Waals surface area contributed by atoms with Crippen molar-refractivity contribution >= 4 is 34.6 Å².